The van der Waals surface area contributed by atoms with E-state index in [0.29, 0.717) is 36.6 Å². The Morgan fingerprint density at radius 2 is 1.94 bits per heavy atom. The van der Waals surface area contributed by atoms with Gasteiger partial charge in [0.25, 0.3) is 5.91 Å². The van der Waals surface area contributed by atoms with Crippen molar-refractivity contribution in [1.82, 2.24) is 20.2 Å². The molecule has 0 saturated carbocycles. The molecular formula is C22H23Cl2FN4O3. The SMILES string of the molecule is Cl.O=C(N[C@@H](Cc1ccc(F)cc1)C(=O)N1CCC(O)CC1)c1cc2cc(Cl)ncc2[nH]1. The molecule has 32 heavy (non-hydrogen) atoms. The first kappa shape index (κ1) is 24.0. The highest BCUT2D eigenvalue weighted by Gasteiger charge is 2.29. The third kappa shape index (κ3) is 5.56. The fourth-order valence-electron chi connectivity index (χ4n) is 3.73. The second-order valence-corrected chi connectivity index (χ2v) is 8.08. The third-order valence-electron chi connectivity index (χ3n) is 5.45. The van der Waals surface area contributed by atoms with Crippen molar-refractivity contribution in [1.29, 1.82) is 0 Å². The molecule has 4 rings (SSSR count). The zero-order chi connectivity index (χ0) is 22.0. The Kier molecular flexibility index (Phi) is 7.71. The molecule has 0 aliphatic carbocycles. The molecule has 2 aromatic heterocycles. The normalized spacial score (nSPS) is 15.3. The zero-order valence-electron chi connectivity index (χ0n) is 17.1. The van der Waals surface area contributed by atoms with E-state index in [1.54, 1.807) is 29.2 Å². The van der Waals surface area contributed by atoms with Crippen molar-refractivity contribution >= 4 is 46.7 Å². The number of aliphatic hydroxyl groups excluding tert-OH is 1. The highest BCUT2D eigenvalue weighted by molar-refractivity contribution is 6.30. The van der Waals surface area contributed by atoms with Crippen molar-refractivity contribution < 1.29 is 19.1 Å². The maximum Gasteiger partial charge on any atom is 0.268 e. The second-order valence-electron chi connectivity index (χ2n) is 7.69. The van der Waals surface area contributed by atoms with E-state index in [1.807, 2.05) is 0 Å². The number of amides is 2. The van der Waals surface area contributed by atoms with Crippen LogP contribution in [0.1, 0.15) is 28.9 Å². The Labute approximate surface area is 195 Å². The lowest BCUT2D eigenvalue weighted by molar-refractivity contribution is -0.135. The number of rotatable bonds is 5. The van der Waals surface area contributed by atoms with Crippen molar-refractivity contribution in [3.05, 3.63) is 64.8 Å². The summed E-state index contributed by atoms with van der Waals surface area (Å²) >= 11 is 5.91. The molecule has 1 aliphatic heterocycles. The van der Waals surface area contributed by atoms with E-state index in [9.17, 15) is 19.1 Å². The highest BCUT2D eigenvalue weighted by atomic mass is 35.5. The molecule has 3 heterocycles. The summed E-state index contributed by atoms with van der Waals surface area (Å²) in [5, 5.41) is 13.6. The van der Waals surface area contributed by atoms with E-state index in [-0.39, 0.29) is 36.2 Å². The number of carbonyl (C=O) groups excluding carboxylic acids is 2. The van der Waals surface area contributed by atoms with E-state index in [4.69, 9.17) is 11.6 Å². The van der Waals surface area contributed by atoms with Crippen molar-refractivity contribution in [2.24, 2.45) is 0 Å². The molecule has 0 bridgehead atoms. The number of hydrogen-bond donors (Lipinski definition) is 3. The van der Waals surface area contributed by atoms with E-state index in [2.05, 4.69) is 15.3 Å². The Bertz CT molecular complexity index is 1100. The molecular weight excluding hydrogens is 458 g/mol. The summed E-state index contributed by atoms with van der Waals surface area (Å²) in [5.41, 5.74) is 1.66. The molecule has 1 saturated heterocycles. The fourth-order valence-corrected chi connectivity index (χ4v) is 3.89. The number of aromatic nitrogens is 2. The number of nitrogens with zero attached hydrogens (tertiary/aromatic N) is 2. The number of likely N-dealkylation sites (tertiary alicyclic amines) is 1. The number of H-pyrrole nitrogens is 1. The maximum absolute atomic E-state index is 13.3. The number of halogens is 3. The number of fused-ring (bicyclic) bond motifs is 1. The molecule has 0 unspecified atom stereocenters. The van der Waals surface area contributed by atoms with Crippen molar-refractivity contribution in [2.45, 2.75) is 31.4 Å². The quantitative estimate of drug-likeness (QED) is 0.488. The molecule has 10 heteroatoms. The number of hydrogen-bond acceptors (Lipinski definition) is 4. The summed E-state index contributed by atoms with van der Waals surface area (Å²) in [5.74, 6) is -1.04. The number of pyridine rings is 1. The average Bonchev–Trinajstić information content (AvgIpc) is 3.18. The lowest BCUT2D eigenvalue weighted by Gasteiger charge is -2.32. The van der Waals surface area contributed by atoms with Crippen LogP contribution in [0.3, 0.4) is 0 Å². The molecule has 3 aromatic rings. The van der Waals surface area contributed by atoms with Crippen LogP contribution in [0, 0.1) is 5.82 Å². The lowest BCUT2D eigenvalue weighted by Crippen LogP contribution is -2.52. The molecule has 2 amide bonds. The molecule has 1 aromatic carbocycles. The van der Waals surface area contributed by atoms with Gasteiger partial charge >= 0.3 is 0 Å². The highest BCUT2D eigenvalue weighted by Crippen LogP contribution is 2.19. The lowest BCUT2D eigenvalue weighted by atomic mass is 10.0. The minimum atomic E-state index is -0.832. The minimum Gasteiger partial charge on any atom is -0.393 e. The zero-order valence-corrected chi connectivity index (χ0v) is 18.6. The first-order valence-electron chi connectivity index (χ1n) is 10.1. The molecule has 170 valence electrons. The smallest absolute Gasteiger partial charge is 0.268 e. The van der Waals surface area contributed by atoms with Gasteiger partial charge in [0.1, 0.15) is 22.7 Å². The number of benzene rings is 1. The summed E-state index contributed by atoms with van der Waals surface area (Å²) in [7, 11) is 0. The molecule has 0 spiro atoms. The van der Waals surface area contributed by atoms with Gasteiger partial charge < -0.3 is 20.3 Å². The first-order chi connectivity index (χ1) is 14.9. The summed E-state index contributed by atoms with van der Waals surface area (Å²) in [6.07, 6.45) is 2.34. The van der Waals surface area contributed by atoms with Crippen LogP contribution >= 0.6 is 24.0 Å². The van der Waals surface area contributed by atoms with Crippen LogP contribution in [-0.4, -0.2) is 57.0 Å². The van der Waals surface area contributed by atoms with Crippen molar-refractivity contribution in [2.75, 3.05) is 13.1 Å². The molecule has 0 radical (unpaired) electrons. The van der Waals surface area contributed by atoms with E-state index < -0.39 is 18.1 Å². The van der Waals surface area contributed by atoms with E-state index in [0.717, 1.165) is 10.9 Å². The van der Waals surface area contributed by atoms with Crippen LogP contribution in [0.15, 0.2) is 42.6 Å². The minimum absolute atomic E-state index is 0. The van der Waals surface area contributed by atoms with Gasteiger partial charge in [0, 0.05) is 24.9 Å². The van der Waals surface area contributed by atoms with Gasteiger partial charge in [0.05, 0.1) is 17.8 Å². The number of aromatic amines is 1. The maximum atomic E-state index is 13.3. The van der Waals surface area contributed by atoms with Crippen LogP contribution in [0.4, 0.5) is 4.39 Å². The van der Waals surface area contributed by atoms with Crippen LogP contribution in [0.2, 0.25) is 5.15 Å². The van der Waals surface area contributed by atoms with Crippen LogP contribution in [0.5, 0.6) is 0 Å². The Morgan fingerprint density at radius 3 is 2.62 bits per heavy atom. The Balaban J connectivity index is 0.00000289. The first-order valence-corrected chi connectivity index (χ1v) is 10.4. The molecule has 7 nitrogen and oxygen atoms in total. The Morgan fingerprint density at radius 1 is 1.25 bits per heavy atom. The largest absolute Gasteiger partial charge is 0.393 e. The van der Waals surface area contributed by atoms with Gasteiger partial charge in [0.15, 0.2) is 0 Å². The number of nitrogens with one attached hydrogen (secondary N) is 2. The van der Waals surface area contributed by atoms with Gasteiger partial charge in [-0.2, -0.15) is 0 Å². The number of aliphatic hydroxyl groups is 1. The van der Waals surface area contributed by atoms with Gasteiger partial charge in [0.2, 0.25) is 5.91 Å². The second kappa shape index (κ2) is 10.3. The fraction of sp³-hybridized carbons (Fsp3) is 0.318. The van der Waals surface area contributed by atoms with Gasteiger partial charge in [-0.25, -0.2) is 9.37 Å². The molecule has 1 atom stereocenters. The summed E-state index contributed by atoms with van der Waals surface area (Å²) in [6.45, 7) is 0.846. The summed E-state index contributed by atoms with van der Waals surface area (Å²) in [4.78, 5) is 34.7. The van der Waals surface area contributed by atoms with Crippen molar-refractivity contribution in [3.63, 3.8) is 0 Å². The van der Waals surface area contributed by atoms with Crippen LogP contribution < -0.4 is 5.32 Å². The number of carbonyl (C=O) groups is 2. The van der Waals surface area contributed by atoms with Crippen molar-refractivity contribution in [3.8, 4) is 0 Å². The summed E-state index contributed by atoms with van der Waals surface area (Å²) in [6, 6.07) is 8.30. The predicted octanol–water partition coefficient (Wildman–Crippen LogP) is 3.10. The molecule has 1 aliphatic rings. The van der Waals surface area contributed by atoms with Gasteiger partial charge in [-0.15, -0.1) is 12.4 Å². The third-order valence-corrected chi connectivity index (χ3v) is 5.66. The van der Waals surface area contributed by atoms with E-state index in [1.165, 1.54) is 18.3 Å². The van der Waals surface area contributed by atoms with Gasteiger partial charge in [-0.3, -0.25) is 9.59 Å². The standard InChI is InChI=1S/C22H22ClFN4O3.ClH/c23-20-11-14-10-17(26-19(14)12-25-20)21(30)27-18(9-13-1-3-15(24)4-2-13)22(31)28-7-5-16(29)6-8-28;/h1-4,10-12,16,18,26,29H,5-9H2,(H,27,30);1H/t18-;/m0./s1. The molecule has 3 N–H and O–H groups in total. The Hall–Kier alpha value is -2.68. The predicted molar refractivity (Wildman–Crippen MR) is 122 cm³/mol. The van der Waals surface area contributed by atoms with Crippen LogP contribution in [0.25, 0.3) is 10.9 Å². The van der Waals surface area contributed by atoms with Crippen LogP contribution in [-0.2, 0) is 11.2 Å². The average molecular weight is 481 g/mol. The summed E-state index contributed by atoms with van der Waals surface area (Å²) < 4.78 is 13.3. The topological polar surface area (TPSA) is 98.3 Å². The number of piperidine rings is 1. The van der Waals surface area contributed by atoms with Gasteiger partial charge in [-0.1, -0.05) is 23.7 Å². The monoisotopic (exact) mass is 480 g/mol. The van der Waals surface area contributed by atoms with Gasteiger partial charge in [-0.05, 0) is 42.7 Å². The molecule has 1 fully saturated rings. The van der Waals surface area contributed by atoms with E-state index >= 15 is 0 Å².